The van der Waals surface area contributed by atoms with Gasteiger partial charge in [-0.25, -0.2) is 24.1 Å². The summed E-state index contributed by atoms with van der Waals surface area (Å²) in [6.07, 6.45) is -2.43. The highest BCUT2D eigenvalue weighted by Crippen LogP contribution is 2.37. The number of alkyl carbamates (subject to hydrolysis) is 1. The van der Waals surface area contributed by atoms with E-state index in [-0.39, 0.29) is 52.4 Å². The SMILES string of the molecule is [B]C1(NC(=O)OC)CCC(n2c(=O)n(C(O)(O)O)c3cnc(Nc4ccc5c(OC([B])(O)O)n[nH]c5n4)cc32)C1. The van der Waals surface area contributed by atoms with Crippen LogP contribution in [0.3, 0.4) is 0 Å². The van der Waals surface area contributed by atoms with Gasteiger partial charge in [0.1, 0.15) is 19.5 Å². The Morgan fingerprint density at radius 1 is 1.23 bits per heavy atom. The number of hydrogen-bond donors (Lipinski definition) is 8. The van der Waals surface area contributed by atoms with Crippen molar-refractivity contribution in [3.63, 3.8) is 0 Å². The first-order valence-electron chi connectivity index (χ1n) is 11.7. The lowest BCUT2D eigenvalue weighted by atomic mass is 9.76. The molecule has 0 aliphatic heterocycles. The third-order valence-electron chi connectivity index (χ3n) is 6.38. The van der Waals surface area contributed by atoms with Crippen molar-refractivity contribution in [2.45, 2.75) is 42.7 Å². The summed E-state index contributed by atoms with van der Waals surface area (Å²) in [4.78, 5) is 33.5. The Labute approximate surface area is 226 Å². The van der Waals surface area contributed by atoms with E-state index in [1.807, 2.05) is 0 Å². The number of rotatable bonds is 7. The zero-order valence-electron chi connectivity index (χ0n) is 20.8. The molecular formula is C21H22B2N8O9. The molecule has 2 unspecified atom stereocenters. The zero-order valence-corrected chi connectivity index (χ0v) is 20.8. The summed E-state index contributed by atoms with van der Waals surface area (Å²) in [6, 6.07) is 3.82. The Bertz CT molecular complexity index is 1660. The average molecular weight is 552 g/mol. The Kier molecular flexibility index (Phi) is 6.50. The van der Waals surface area contributed by atoms with E-state index in [4.69, 9.17) is 20.4 Å². The normalized spacial score (nSPS) is 19.7. The maximum atomic E-state index is 13.3. The molecule has 5 rings (SSSR count). The van der Waals surface area contributed by atoms with Crippen molar-refractivity contribution in [1.29, 1.82) is 0 Å². The van der Waals surface area contributed by atoms with Crippen LogP contribution in [0.25, 0.3) is 22.1 Å². The van der Waals surface area contributed by atoms with Crippen molar-refractivity contribution in [3.8, 4) is 5.88 Å². The molecule has 0 saturated heterocycles. The van der Waals surface area contributed by atoms with Crippen LogP contribution in [-0.4, -0.2) is 95.0 Å². The summed E-state index contributed by atoms with van der Waals surface area (Å²) >= 11 is 0. The summed E-state index contributed by atoms with van der Waals surface area (Å²) < 4.78 is 11.0. The number of nitrogens with one attached hydrogen (secondary N) is 3. The van der Waals surface area contributed by atoms with E-state index >= 15 is 0 Å². The summed E-state index contributed by atoms with van der Waals surface area (Å²) in [5.41, 5.74) is -1.89. The van der Waals surface area contributed by atoms with Gasteiger partial charge in [-0.1, -0.05) is 0 Å². The molecule has 1 saturated carbocycles. The van der Waals surface area contributed by atoms with Crippen LogP contribution >= 0.6 is 0 Å². The lowest BCUT2D eigenvalue weighted by molar-refractivity contribution is -0.374. The second-order valence-corrected chi connectivity index (χ2v) is 9.32. The van der Waals surface area contributed by atoms with Crippen LogP contribution in [0, 0.1) is 0 Å². The van der Waals surface area contributed by atoms with Crippen LogP contribution < -0.4 is 21.1 Å². The molecule has 4 radical (unpaired) electrons. The first-order chi connectivity index (χ1) is 18.7. The number of hydrogen-bond acceptors (Lipinski definition) is 13. The third kappa shape index (κ3) is 5.19. The number of H-pyrrole nitrogens is 1. The number of aromatic amines is 1. The molecule has 19 heteroatoms. The molecular weight excluding hydrogens is 530 g/mol. The first-order valence-corrected chi connectivity index (χ1v) is 11.7. The highest BCUT2D eigenvalue weighted by atomic mass is 16.8. The number of amides is 1. The minimum atomic E-state index is -3.53. The van der Waals surface area contributed by atoms with E-state index in [1.54, 1.807) is 0 Å². The molecule has 40 heavy (non-hydrogen) atoms. The number of carbonyl (C=O) groups is 1. The maximum absolute atomic E-state index is 13.3. The monoisotopic (exact) mass is 552 g/mol. The molecule has 0 bridgehead atoms. The van der Waals surface area contributed by atoms with Gasteiger partial charge in [-0.15, -0.1) is 5.10 Å². The van der Waals surface area contributed by atoms with E-state index in [1.165, 1.54) is 29.9 Å². The fraction of sp³-hybridized carbons (Fsp3) is 0.381. The molecule has 1 aliphatic carbocycles. The summed E-state index contributed by atoms with van der Waals surface area (Å²) in [6.45, 7) is 0. The molecule has 4 heterocycles. The Morgan fingerprint density at radius 2 is 1.98 bits per heavy atom. The molecule has 4 aromatic rings. The van der Waals surface area contributed by atoms with Gasteiger partial charge in [0.2, 0.25) is 13.7 Å². The summed E-state index contributed by atoms with van der Waals surface area (Å²) in [7, 11) is 12.5. The number of anilines is 2. The minimum Gasteiger partial charge on any atom is -0.453 e. The van der Waals surface area contributed by atoms with Crippen LogP contribution in [0.15, 0.2) is 29.2 Å². The fourth-order valence-corrected chi connectivity index (χ4v) is 4.77. The van der Waals surface area contributed by atoms with Crippen LogP contribution in [0.5, 0.6) is 5.88 Å². The van der Waals surface area contributed by atoms with Crippen LogP contribution in [0.1, 0.15) is 25.3 Å². The highest BCUT2D eigenvalue weighted by Gasteiger charge is 2.40. The largest absolute Gasteiger partial charge is 0.453 e. The average Bonchev–Trinajstić information content (AvgIpc) is 3.50. The molecule has 2 atom stereocenters. The molecule has 1 fully saturated rings. The number of imidazole rings is 1. The van der Waals surface area contributed by atoms with E-state index in [9.17, 15) is 35.1 Å². The van der Waals surface area contributed by atoms with Crippen LogP contribution in [0.2, 0.25) is 0 Å². The molecule has 1 aliphatic rings. The van der Waals surface area contributed by atoms with Gasteiger partial charge < -0.3 is 45.6 Å². The highest BCUT2D eigenvalue weighted by molar-refractivity contribution is 6.16. The van der Waals surface area contributed by atoms with Crippen molar-refractivity contribution < 1.29 is 39.8 Å². The zero-order chi connectivity index (χ0) is 29.0. The standard InChI is InChI=1S/C21H22B2N8O9/c1-39-17(32)27-19(22)5-4-9(7-19)30-11-6-14(24-8-12(11)31(18(30)33)21(36,37)38)25-13-3-2-10-15(26-13)28-29-16(10)40-20(23,34)35/h2-3,6,8-9,34-38H,4-5,7H2,1H3,(H,27,32)(H2,24,25,26,28,29). The quantitative estimate of drug-likeness (QED) is 0.0902. The topological polar surface area (TPSA) is 242 Å². The number of carbonyl (C=O) groups excluding carboxylic acids is 1. The van der Waals surface area contributed by atoms with E-state index in [2.05, 4.69) is 35.5 Å². The van der Waals surface area contributed by atoms with Crippen molar-refractivity contribution in [2.75, 3.05) is 12.4 Å². The lowest BCUT2D eigenvalue weighted by Gasteiger charge is -2.25. The number of pyridine rings is 2. The van der Waals surface area contributed by atoms with Gasteiger partial charge in [-0.2, -0.15) is 0 Å². The van der Waals surface area contributed by atoms with Gasteiger partial charge in [0.05, 0.1) is 29.7 Å². The number of aromatic nitrogens is 6. The van der Waals surface area contributed by atoms with Gasteiger partial charge in [-0.05, 0) is 31.4 Å². The smallest absolute Gasteiger partial charge is 0.406 e. The number of fused-ring (bicyclic) bond motifs is 2. The number of nitrogens with zero attached hydrogens (tertiary/aromatic N) is 5. The lowest BCUT2D eigenvalue weighted by Crippen LogP contribution is -2.47. The van der Waals surface area contributed by atoms with Gasteiger partial charge >= 0.3 is 17.9 Å². The summed E-state index contributed by atoms with van der Waals surface area (Å²) in [5, 5.41) is 60.3. The van der Waals surface area contributed by atoms with Gasteiger partial charge in [0.25, 0.3) is 5.87 Å². The predicted octanol–water partition coefficient (Wildman–Crippen LogP) is -2.15. The maximum Gasteiger partial charge on any atom is 0.406 e. The van der Waals surface area contributed by atoms with Gasteiger partial charge in [0.15, 0.2) is 5.65 Å². The predicted molar refractivity (Wildman–Crippen MR) is 136 cm³/mol. The third-order valence-corrected chi connectivity index (χ3v) is 6.38. The second kappa shape index (κ2) is 9.49. The van der Waals surface area contributed by atoms with Crippen molar-refractivity contribution in [2.24, 2.45) is 0 Å². The minimum absolute atomic E-state index is 0.0930. The number of methoxy groups -OCH3 is 1. The molecule has 17 nitrogen and oxygen atoms in total. The van der Waals surface area contributed by atoms with E-state index < -0.39 is 35.2 Å². The number of aliphatic hydroxyl groups is 5. The summed E-state index contributed by atoms with van der Waals surface area (Å²) in [5.74, 6) is -2.73. The fourth-order valence-electron chi connectivity index (χ4n) is 4.77. The van der Waals surface area contributed by atoms with Crippen molar-refractivity contribution in [3.05, 3.63) is 34.9 Å². The first kappa shape index (κ1) is 27.4. The van der Waals surface area contributed by atoms with Crippen LogP contribution in [-0.2, 0) is 10.8 Å². The van der Waals surface area contributed by atoms with Gasteiger partial charge in [-0.3, -0.25) is 9.67 Å². The molecule has 206 valence electrons. The van der Waals surface area contributed by atoms with Crippen molar-refractivity contribution in [1.82, 2.24) is 34.6 Å². The van der Waals surface area contributed by atoms with Gasteiger partial charge in [0, 0.05) is 17.5 Å². The van der Waals surface area contributed by atoms with Crippen molar-refractivity contribution >= 4 is 55.5 Å². The Balaban J connectivity index is 1.51. The molecule has 0 spiro atoms. The Hall–Kier alpha value is -4.16. The van der Waals surface area contributed by atoms with E-state index in [0.717, 1.165) is 6.20 Å². The van der Waals surface area contributed by atoms with E-state index in [0.29, 0.717) is 11.0 Å². The van der Waals surface area contributed by atoms with Crippen LogP contribution in [0.4, 0.5) is 16.4 Å². The Morgan fingerprint density at radius 3 is 2.65 bits per heavy atom. The molecule has 1 amide bonds. The number of ether oxygens (including phenoxy) is 2. The molecule has 8 N–H and O–H groups in total. The molecule has 0 aromatic carbocycles. The molecule has 4 aromatic heterocycles. The second-order valence-electron chi connectivity index (χ2n) is 9.32.